The van der Waals surface area contributed by atoms with Crippen LogP contribution in [-0.4, -0.2) is 22.8 Å². The molecule has 1 aliphatic rings. The molecule has 2 heterocycles. The van der Waals surface area contributed by atoms with Gasteiger partial charge in [-0.3, -0.25) is 9.69 Å². The Morgan fingerprint density at radius 3 is 2.58 bits per heavy atom. The number of aromatic nitrogens is 1. The van der Waals surface area contributed by atoms with Crippen LogP contribution in [0.1, 0.15) is 6.42 Å². The van der Waals surface area contributed by atoms with Crippen LogP contribution in [0.25, 0.3) is 11.3 Å². The van der Waals surface area contributed by atoms with Gasteiger partial charge in [0.25, 0.3) is 0 Å². The Labute approximate surface area is 116 Å². The minimum Gasteiger partial charge on any atom is -0.295 e. The maximum Gasteiger partial charge on any atom is 0.229 e. The summed E-state index contributed by atoms with van der Waals surface area (Å²) in [6.07, 6.45) is 0.388. The fraction of sp³-hybridized carbons (Fsp3) is 0.200. The number of carbonyl (C=O) groups is 1. The molecule has 3 rings (SSSR count). The quantitative estimate of drug-likeness (QED) is 0.787. The number of alkyl halides is 1. The van der Waals surface area contributed by atoms with Crippen molar-refractivity contribution in [3.05, 3.63) is 48.5 Å². The normalized spacial score (nSPS) is 18.9. The van der Waals surface area contributed by atoms with Gasteiger partial charge in [0.05, 0.1) is 11.1 Å². The molecule has 1 aromatic heterocycles. The fourth-order valence-corrected chi connectivity index (χ4v) is 2.50. The van der Waals surface area contributed by atoms with Crippen LogP contribution in [0.2, 0.25) is 0 Å². The first kappa shape index (κ1) is 12.2. The fourth-order valence-electron chi connectivity index (χ4n) is 2.23. The number of pyridine rings is 1. The molecule has 0 N–H and O–H groups in total. The summed E-state index contributed by atoms with van der Waals surface area (Å²) < 4.78 is 0. The number of hydrogen-bond donors (Lipinski definition) is 0. The van der Waals surface area contributed by atoms with Crippen LogP contribution in [0.5, 0.6) is 0 Å². The number of amides is 1. The Kier molecular flexibility index (Phi) is 3.22. The summed E-state index contributed by atoms with van der Waals surface area (Å²) in [6, 6.07) is 15.6. The molecule has 2 aromatic rings. The van der Waals surface area contributed by atoms with Crippen molar-refractivity contribution in [3.8, 4) is 11.3 Å². The Morgan fingerprint density at radius 1 is 1.11 bits per heavy atom. The topological polar surface area (TPSA) is 33.2 Å². The predicted molar refractivity (Wildman–Crippen MR) is 76.3 cm³/mol. The van der Waals surface area contributed by atoms with Crippen molar-refractivity contribution in [3.63, 3.8) is 0 Å². The van der Waals surface area contributed by atoms with Gasteiger partial charge in [-0.15, -0.1) is 11.6 Å². The molecule has 1 fully saturated rings. The van der Waals surface area contributed by atoms with E-state index in [4.69, 9.17) is 11.6 Å². The zero-order chi connectivity index (χ0) is 13.2. The predicted octanol–water partition coefficient (Wildman–Crippen LogP) is 3.09. The molecule has 1 unspecified atom stereocenters. The molecule has 3 nitrogen and oxygen atoms in total. The Morgan fingerprint density at radius 2 is 1.89 bits per heavy atom. The molecule has 1 aliphatic heterocycles. The number of rotatable bonds is 2. The van der Waals surface area contributed by atoms with E-state index >= 15 is 0 Å². The van der Waals surface area contributed by atoms with E-state index in [9.17, 15) is 4.79 Å². The average Bonchev–Trinajstić information content (AvgIpc) is 2.79. The third-order valence-corrected chi connectivity index (χ3v) is 3.45. The number of nitrogens with zero attached hydrogens (tertiary/aromatic N) is 2. The first-order chi connectivity index (χ1) is 9.24. The lowest BCUT2D eigenvalue weighted by atomic mass is 10.1. The van der Waals surface area contributed by atoms with E-state index in [0.717, 1.165) is 11.3 Å². The van der Waals surface area contributed by atoms with Crippen LogP contribution < -0.4 is 4.90 Å². The van der Waals surface area contributed by atoms with Gasteiger partial charge in [0, 0.05) is 18.5 Å². The van der Waals surface area contributed by atoms with Crippen LogP contribution >= 0.6 is 11.6 Å². The van der Waals surface area contributed by atoms with Gasteiger partial charge in [-0.05, 0) is 12.1 Å². The van der Waals surface area contributed by atoms with Gasteiger partial charge >= 0.3 is 0 Å². The van der Waals surface area contributed by atoms with E-state index in [-0.39, 0.29) is 11.3 Å². The highest BCUT2D eigenvalue weighted by molar-refractivity contribution is 6.24. The van der Waals surface area contributed by atoms with Gasteiger partial charge in [-0.1, -0.05) is 36.4 Å². The van der Waals surface area contributed by atoms with E-state index in [2.05, 4.69) is 4.98 Å². The highest BCUT2D eigenvalue weighted by Gasteiger charge is 2.29. The van der Waals surface area contributed by atoms with E-state index in [0.29, 0.717) is 18.8 Å². The number of carbonyl (C=O) groups excluding carboxylic acids is 1. The Balaban J connectivity index is 1.95. The standard InChI is InChI=1S/C15H13ClN2O/c16-12-9-15(19)18(10-12)14-8-4-7-13(17-14)11-5-2-1-3-6-11/h1-8,12H,9-10H2. The van der Waals surface area contributed by atoms with Crippen molar-refractivity contribution in [1.82, 2.24) is 4.98 Å². The van der Waals surface area contributed by atoms with Crippen molar-refractivity contribution in [2.24, 2.45) is 0 Å². The summed E-state index contributed by atoms with van der Waals surface area (Å²) in [6.45, 7) is 0.533. The van der Waals surface area contributed by atoms with Crippen molar-refractivity contribution in [2.75, 3.05) is 11.4 Å². The summed E-state index contributed by atoms with van der Waals surface area (Å²) >= 11 is 6.02. The van der Waals surface area contributed by atoms with Gasteiger partial charge < -0.3 is 0 Å². The third kappa shape index (κ3) is 2.47. The minimum atomic E-state index is -0.116. The second-order valence-corrected chi connectivity index (χ2v) is 5.17. The van der Waals surface area contributed by atoms with Crippen LogP contribution in [-0.2, 0) is 4.79 Å². The summed E-state index contributed by atoms with van der Waals surface area (Å²) in [5, 5.41) is -0.116. The summed E-state index contributed by atoms with van der Waals surface area (Å²) in [7, 11) is 0. The van der Waals surface area contributed by atoms with Crippen molar-refractivity contribution >= 4 is 23.3 Å². The molecule has 0 spiro atoms. The molecule has 1 atom stereocenters. The Hall–Kier alpha value is -1.87. The molecule has 19 heavy (non-hydrogen) atoms. The summed E-state index contributed by atoms with van der Waals surface area (Å²) in [5.74, 6) is 0.715. The van der Waals surface area contributed by atoms with E-state index < -0.39 is 0 Å². The van der Waals surface area contributed by atoms with Gasteiger partial charge in [-0.2, -0.15) is 0 Å². The van der Waals surface area contributed by atoms with Gasteiger partial charge in [0.2, 0.25) is 5.91 Å². The number of anilines is 1. The molecular formula is C15H13ClN2O. The zero-order valence-corrected chi connectivity index (χ0v) is 11.0. The number of benzene rings is 1. The molecule has 0 bridgehead atoms. The smallest absolute Gasteiger partial charge is 0.229 e. The first-order valence-electron chi connectivity index (χ1n) is 6.21. The van der Waals surface area contributed by atoms with Crippen LogP contribution in [0, 0.1) is 0 Å². The van der Waals surface area contributed by atoms with Crippen molar-refractivity contribution < 1.29 is 4.79 Å². The monoisotopic (exact) mass is 272 g/mol. The van der Waals surface area contributed by atoms with Crippen LogP contribution in [0.4, 0.5) is 5.82 Å². The molecule has 0 saturated carbocycles. The first-order valence-corrected chi connectivity index (χ1v) is 6.64. The minimum absolute atomic E-state index is 0.0395. The largest absolute Gasteiger partial charge is 0.295 e. The highest BCUT2D eigenvalue weighted by atomic mass is 35.5. The molecule has 0 aliphatic carbocycles. The van der Waals surface area contributed by atoms with Gasteiger partial charge in [0.15, 0.2) is 0 Å². The molecular weight excluding hydrogens is 260 g/mol. The molecule has 4 heteroatoms. The van der Waals surface area contributed by atoms with Gasteiger partial charge in [0.1, 0.15) is 5.82 Å². The zero-order valence-electron chi connectivity index (χ0n) is 10.3. The van der Waals surface area contributed by atoms with Gasteiger partial charge in [-0.25, -0.2) is 4.98 Å². The SMILES string of the molecule is O=C1CC(Cl)CN1c1cccc(-c2ccccc2)n1. The third-order valence-electron chi connectivity index (χ3n) is 3.16. The highest BCUT2D eigenvalue weighted by Crippen LogP contribution is 2.25. The molecule has 96 valence electrons. The summed E-state index contributed by atoms with van der Waals surface area (Å²) in [5.41, 5.74) is 1.90. The van der Waals surface area contributed by atoms with Crippen molar-refractivity contribution in [1.29, 1.82) is 0 Å². The van der Waals surface area contributed by atoms with Crippen LogP contribution in [0.3, 0.4) is 0 Å². The lowest BCUT2D eigenvalue weighted by Crippen LogP contribution is -2.25. The van der Waals surface area contributed by atoms with Crippen molar-refractivity contribution in [2.45, 2.75) is 11.8 Å². The molecule has 1 aromatic carbocycles. The number of hydrogen-bond acceptors (Lipinski definition) is 2. The van der Waals surface area contributed by atoms with E-state index in [1.165, 1.54) is 0 Å². The van der Waals surface area contributed by atoms with E-state index in [1.54, 1.807) is 4.90 Å². The lowest BCUT2D eigenvalue weighted by molar-refractivity contribution is -0.117. The second-order valence-electron chi connectivity index (χ2n) is 4.55. The Bertz CT molecular complexity index is 600. The lowest BCUT2D eigenvalue weighted by Gasteiger charge is -2.15. The summed E-state index contributed by atoms with van der Waals surface area (Å²) in [4.78, 5) is 18.0. The second kappa shape index (κ2) is 5.02. The molecule has 1 saturated heterocycles. The average molecular weight is 273 g/mol. The molecule has 1 amide bonds. The maximum absolute atomic E-state index is 11.8. The van der Waals surface area contributed by atoms with Crippen LogP contribution in [0.15, 0.2) is 48.5 Å². The molecule has 0 radical (unpaired) electrons. The van der Waals surface area contributed by atoms with E-state index in [1.807, 2.05) is 48.5 Å². The maximum atomic E-state index is 11.8. The number of halogens is 1.